The quantitative estimate of drug-likeness (QED) is 0.706. The maximum absolute atomic E-state index is 11.7. The number of allylic oxidation sites excluding steroid dienone is 1. The Balaban J connectivity index is 2.14. The second kappa shape index (κ2) is 4.97. The van der Waals surface area contributed by atoms with Crippen molar-refractivity contribution < 1.29 is 4.79 Å². The average Bonchev–Trinajstić information content (AvgIpc) is 2.33. The van der Waals surface area contributed by atoms with Crippen LogP contribution in [0.2, 0.25) is 0 Å². The molecule has 0 unspecified atom stereocenters. The first-order chi connectivity index (χ1) is 7.77. The Kier molecular flexibility index (Phi) is 3.40. The van der Waals surface area contributed by atoms with Gasteiger partial charge in [-0.2, -0.15) is 0 Å². The molecule has 2 nitrogen and oxygen atoms in total. The van der Waals surface area contributed by atoms with E-state index in [0.717, 1.165) is 30.5 Å². The third kappa shape index (κ3) is 2.51. The molecule has 0 aromatic heterocycles. The van der Waals surface area contributed by atoms with Crippen LogP contribution in [-0.2, 0) is 4.79 Å². The maximum Gasteiger partial charge on any atom is 0.160 e. The fourth-order valence-corrected chi connectivity index (χ4v) is 2.01. The van der Waals surface area contributed by atoms with Crippen LogP contribution in [-0.4, -0.2) is 12.8 Å². The van der Waals surface area contributed by atoms with Gasteiger partial charge >= 0.3 is 0 Å². The number of carbonyl (C=O) groups is 1. The SMILES string of the molecule is CN(/C=C1\CCCCC1=O)c1ccccc1. The first kappa shape index (κ1) is 10.9. The summed E-state index contributed by atoms with van der Waals surface area (Å²) in [5, 5.41) is 0. The second-order valence-electron chi connectivity index (χ2n) is 4.23. The highest BCUT2D eigenvalue weighted by Crippen LogP contribution is 2.21. The Hall–Kier alpha value is -1.57. The van der Waals surface area contributed by atoms with Gasteiger partial charge in [-0.15, -0.1) is 0 Å². The van der Waals surface area contributed by atoms with E-state index in [9.17, 15) is 4.79 Å². The molecule has 16 heavy (non-hydrogen) atoms. The van der Waals surface area contributed by atoms with Crippen LogP contribution in [0.15, 0.2) is 42.1 Å². The zero-order valence-electron chi connectivity index (χ0n) is 9.65. The molecule has 0 bridgehead atoms. The number of ketones is 1. The number of rotatable bonds is 2. The first-order valence-electron chi connectivity index (χ1n) is 5.79. The van der Waals surface area contributed by atoms with Crippen molar-refractivity contribution in [2.75, 3.05) is 11.9 Å². The van der Waals surface area contributed by atoms with E-state index in [1.807, 2.05) is 48.5 Å². The number of benzene rings is 1. The Morgan fingerprint density at radius 2 is 1.81 bits per heavy atom. The molecule has 0 atom stereocenters. The number of nitrogens with zero attached hydrogens (tertiary/aromatic N) is 1. The van der Waals surface area contributed by atoms with E-state index in [0.29, 0.717) is 12.2 Å². The van der Waals surface area contributed by atoms with Gasteiger partial charge in [0, 0.05) is 30.9 Å². The summed E-state index contributed by atoms with van der Waals surface area (Å²) in [6.07, 6.45) is 5.81. The molecule has 0 heterocycles. The van der Waals surface area contributed by atoms with Crippen molar-refractivity contribution in [2.45, 2.75) is 25.7 Å². The van der Waals surface area contributed by atoms with Crippen molar-refractivity contribution in [3.8, 4) is 0 Å². The van der Waals surface area contributed by atoms with Crippen molar-refractivity contribution in [2.24, 2.45) is 0 Å². The number of Topliss-reactive ketones (excluding diaryl/α,β-unsaturated/α-hetero) is 1. The molecule has 84 valence electrons. The minimum atomic E-state index is 0.314. The van der Waals surface area contributed by atoms with Crippen LogP contribution < -0.4 is 4.90 Å². The largest absolute Gasteiger partial charge is 0.351 e. The minimum Gasteiger partial charge on any atom is -0.351 e. The number of carbonyl (C=O) groups excluding carboxylic acids is 1. The Morgan fingerprint density at radius 1 is 1.12 bits per heavy atom. The molecule has 1 fully saturated rings. The van der Waals surface area contributed by atoms with Crippen molar-refractivity contribution in [1.82, 2.24) is 0 Å². The summed E-state index contributed by atoms with van der Waals surface area (Å²) in [6.45, 7) is 0. The van der Waals surface area contributed by atoms with Gasteiger partial charge in [-0.25, -0.2) is 0 Å². The zero-order valence-corrected chi connectivity index (χ0v) is 9.65. The van der Waals surface area contributed by atoms with Crippen LogP contribution >= 0.6 is 0 Å². The summed E-state index contributed by atoms with van der Waals surface area (Å²) in [5.41, 5.74) is 2.09. The second-order valence-corrected chi connectivity index (χ2v) is 4.23. The number of anilines is 1. The highest BCUT2D eigenvalue weighted by molar-refractivity contribution is 5.96. The molecule has 1 saturated carbocycles. The van der Waals surface area contributed by atoms with Gasteiger partial charge in [0.25, 0.3) is 0 Å². The molecule has 0 amide bonds. The van der Waals surface area contributed by atoms with E-state index in [2.05, 4.69) is 0 Å². The van der Waals surface area contributed by atoms with E-state index in [1.165, 1.54) is 0 Å². The van der Waals surface area contributed by atoms with Gasteiger partial charge in [0.05, 0.1) is 0 Å². The molecule has 0 N–H and O–H groups in total. The van der Waals surface area contributed by atoms with Crippen LogP contribution in [0.5, 0.6) is 0 Å². The molecule has 2 rings (SSSR count). The molecule has 1 aliphatic rings. The fraction of sp³-hybridized carbons (Fsp3) is 0.357. The molecule has 2 heteroatoms. The summed E-state index contributed by atoms with van der Waals surface area (Å²) < 4.78 is 0. The predicted molar refractivity (Wildman–Crippen MR) is 66.4 cm³/mol. The van der Waals surface area contributed by atoms with Crippen LogP contribution in [0.25, 0.3) is 0 Å². The molecule has 1 aromatic carbocycles. The summed E-state index contributed by atoms with van der Waals surface area (Å²) in [7, 11) is 1.99. The van der Waals surface area contributed by atoms with Crippen molar-refractivity contribution >= 4 is 11.5 Å². The minimum absolute atomic E-state index is 0.314. The molecule has 1 aromatic rings. The summed E-state index contributed by atoms with van der Waals surface area (Å²) in [6, 6.07) is 10.1. The van der Waals surface area contributed by atoms with Crippen molar-refractivity contribution in [1.29, 1.82) is 0 Å². The Bertz CT molecular complexity index is 394. The summed E-state index contributed by atoms with van der Waals surface area (Å²) in [4.78, 5) is 13.7. The van der Waals surface area contributed by atoms with Crippen LogP contribution in [0.1, 0.15) is 25.7 Å². The normalized spacial score (nSPS) is 18.8. The standard InChI is InChI=1S/C14H17NO/c1-15(13-8-3-2-4-9-13)11-12-7-5-6-10-14(12)16/h2-4,8-9,11H,5-7,10H2,1H3/b12-11+. The van der Waals surface area contributed by atoms with Gasteiger partial charge in [0.2, 0.25) is 0 Å². The van der Waals surface area contributed by atoms with E-state index >= 15 is 0 Å². The molecule has 0 saturated heterocycles. The lowest BCUT2D eigenvalue weighted by Gasteiger charge is -2.19. The predicted octanol–water partition coefficient (Wildman–Crippen LogP) is 3.15. The van der Waals surface area contributed by atoms with Crippen LogP contribution in [0, 0.1) is 0 Å². The van der Waals surface area contributed by atoms with Crippen LogP contribution in [0.4, 0.5) is 5.69 Å². The monoisotopic (exact) mass is 215 g/mol. The van der Waals surface area contributed by atoms with E-state index in [4.69, 9.17) is 0 Å². The molecule has 0 aliphatic heterocycles. The molecule has 0 spiro atoms. The third-order valence-electron chi connectivity index (χ3n) is 2.97. The molecule has 0 radical (unpaired) electrons. The number of hydrogen-bond acceptors (Lipinski definition) is 2. The average molecular weight is 215 g/mol. The fourth-order valence-electron chi connectivity index (χ4n) is 2.01. The summed E-state index contributed by atoms with van der Waals surface area (Å²) in [5.74, 6) is 0.314. The zero-order chi connectivity index (χ0) is 11.4. The molecule has 1 aliphatic carbocycles. The van der Waals surface area contributed by atoms with Gasteiger partial charge in [-0.1, -0.05) is 18.2 Å². The van der Waals surface area contributed by atoms with Gasteiger partial charge in [-0.05, 0) is 31.4 Å². The van der Waals surface area contributed by atoms with E-state index in [-0.39, 0.29) is 0 Å². The Morgan fingerprint density at radius 3 is 2.50 bits per heavy atom. The Labute approximate surface area is 96.6 Å². The van der Waals surface area contributed by atoms with E-state index < -0.39 is 0 Å². The van der Waals surface area contributed by atoms with Gasteiger partial charge in [0.1, 0.15) is 0 Å². The van der Waals surface area contributed by atoms with Crippen LogP contribution in [0.3, 0.4) is 0 Å². The van der Waals surface area contributed by atoms with Gasteiger partial charge < -0.3 is 4.90 Å². The smallest absolute Gasteiger partial charge is 0.160 e. The lowest BCUT2D eigenvalue weighted by molar-refractivity contribution is -0.116. The summed E-state index contributed by atoms with van der Waals surface area (Å²) >= 11 is 0. The highest BCUT2D eigenvalue weighted by Gasteiger charge is 2.15. The maximum atomic E-state index is 11.7. The highest BCUT2D eigenvalue weighted by atomic mass is 16.1. The number of hydrogen-bond donors (Lipinski definition) is 0. The third-order valence-corrected chi connectivity index (χ3v) is 2.97. The van der Waals surface area contributed by atoms with Gasteiger partial charge in [-0.3, -0.25) is 4.79 Å². The molecular formula is C14H17NO. The topological polar surface area (TPSA) is 20.3 Å². The lowest BCUT2D eigenvalue weighted by atomic mass is 9.94. The number of para-hydroxylation sites is 1. The lowest BCUT2D eigenvalue weighted by Crippen LogP contribution is -2.15. The van der Waals surface area contributed by atoms with Gasteiger partial charge in [0.15, 0.2) is 5.78 Å². The molecular weight excluding hydrogens is 198 g/mol. The van der Waals surface area contributed by atoms with Crippen molar-refractivity contribution in [3.05, 3.63) is 42.1 Å². The first-order valence-corrected chi connectivity index (χ1v) is 5.79. The van der Waals surface area contributed by atoms with Crippen molar-refractivity contribution in [3.63, 3.8) is 0 Å². The van der Waals surface area contributed by atoms with E-state index in [1.54, 1.807) is 0 Å².